The molecule has 0 saturated carbocycles. The molecule has 132 valence electrons. The zero-order chi connectivity index (χ0) is 17.7. The molecule has 0 radical (unpaired) electrons. The fourth-order valence-electron chi connectivity index (χ4n) is 1.69. The quantitative estimate of drug-likeness (QED) is 0.633. The molecule has 2 N–H and O–H groups in total. The van der Waals surface area contributed by atoms with Gasteiger partial charge in [0.15, 0.2) is 5.96 Å². The molecule has 1 aromatic rings. The SMILES string of the molecule is CN=C(NCCS(=O)C(C)(C)C)NCc1ncc(C(C)(C)C)o1. The molecule has 0 amide bonds. The predicted molar refractivity (Wildman–Crippen MR) is 96.2 cm³/mol. The molecule has 1 rings (SSSR count). The van der Waals surface area contributed by atoms with Crippen LogP contribution in [0.3, 0.4) is 0 Å². The molecule has 7 heteroatoms. The average molecular weight is 343 g/mol. The third-order valence-corrected chi connectivity index (χ3v) is 5.13. The standard InChI is InChI=1S/C16H30N4O2S/c1-15(2,3)12-10-19-13(22-12)11-20-14(17-7)18-8-9-23(21)16(4,5)6/h10H,8-9,11H2,1-7H3,(H2,17,18,20). The molecule has 0 fully saturated rings. The van der Waals surface area contributed by atoms with Crippen LogP contribution in [0.2, 0.25) is 0 Å². The van der Waals surface area contributed by atoms with E-state index in [0.717, 1.165) is 5.76 Å². The summed E-state index contributed by atoms with van der Waals surface area (Å²) in [5.74, 6) is 2.71. The number of hydrogen-bond acceptors (Lipinski definition) is 4. The number of rotatable bonds is 5. The number of aliphatic imine (C=N–C) groups is 1. The van der Waals surface area contributed by atoms with Crippen LogP contribution in [-0.2, 0) is 22.8 Å². The summed E-state index contributed by atoms with van der Waals surface area (Å²) in [4.78, 5) is 8.41. The molecular formula is C16H30N4O2S. The third-order valence-electron chi connectivity index (χ3n) is 3.19. The molecule has 0 bridgehead atoms. The second kappa shape index (κ2) is 7.95. The van der Waals surface area contributed by atoms with Crippen molar-refractivity contribution >= 4 is 16.8 Å². The van der Waals surface area contributed by atoms with Gasteiger partial charge in [-0.3, -0.25) is 9.20 Å². The Balaban J connectivity index is 2.43. The first-order chi connectivity index (χ1) is 10.5. The number of nitrogens with zero attached hydrogens (tertiary/aromatic N) is 2. The van der Waals surface area contributed by atoms with Gasteiger partial charge in [0.2, 0.25) is 5.89 Å². The van der Waals surface area contributed by atoms with Crippen molar-refractivity contribution in [3.05, 3.63) is 17.8 Å². The molecule has 0 aromatic carbocycles. The van der Waals surface area contributed by atoms with Crippen LogP contribution in [0.15, 0.2) is 15.6 Å². The largest absolute Gasteiger partial charge is 0.443 e. The molecule has 6 nitrogen and oxygen atoms in total. The number of oxazole rings is 1. The van der Waals surface area contributed by atoms with E-state index in [1.165, 1.54) is 0 Å². The van der Waals surface area contributed by atoms with Gasteiger partial charge in [-0.05, 0) is 20.8 Å². The lowest BCUT2D eigenvalue weighted by atomic mass is 9.94. The Morgan fingerprint density at radius 1 is 1.26 bits per heavy atom. The van der Waals surface area contributed by atoms with Gasteiger partial charge in [0.05, 0.1) is 12.7 Å². The summed E-state index contributed by atoms with van der Waals surface area (Å²) in [5, 5.41) is 6.30. The molecule has 23 heavy (non-hydrogen) atoms. The molecule has 1 heterocycles. The molecule has 0 aliphatic heterocycles. The lowest BCUT2D eigenvalue weighted by molar-refractivity contribution is 0.379. The Hall–Kier alpha value is -1.37. The summed E-state index contributed by atoms with van der Waals surface area (Å²) in [6.07, 6.45) is 1.76. The molecule has 1 atom stereocenters. The van der Waals surface area contributed by atoms with Crippen molar-refractivity contribution in [2.24, 2.45) is 4.99 Å². The van der Waals surface area contributed by atoms with E-state index in [9.17, 15) is 4.21 Å². The van der Waals surface area contributed by atoms with Gasteiger partial charge in [0.25, 0.3) is 0 Å². The molecule has 0 spiro atoms. The number of aromatic nitrogens is 1. The van der Waals surface area contributed by atoms with E-state index < -0.39 is 10.8 Å². The normalized spacial score (nSPS) is 14.7. The van der Waals surface area contributed by atoms with Gasteiger partial charge in [0, 0.05) is 40.3 Å². The van der Waals surface area contributed by atoms with Crippen molar-refractivity contribution in [3.63, 3.8) is 0 Å². The first kappa shape index (κ1) is 19.7. The van der Waals surface area contributed by atoms with Crippen molar-refractivity contribution < 1.29 is 8.63 Å². The average Bonchev–Trinajstić information content (AvgIpc) is 2.90. The molecule has 1 aromatic heterocycles. The minimum atomic E-state index is -0.878. The maximum Gasteiger partial charge on any atom is 0.213 e. The van der Waals surface area contributed by atoms with E-state index in [4.69, 9.17) is 4.42 Å². The van der Waals surface area contributed by atoms with E-state index in [1.54, 1.807) is 13.2 Å². The van der Waals surface area contributed by atoms with E-state index in [0.29, 0.717) is 30.7 Å². The van der Waals surface area contributed by atoms with Gasteiger partial charge in [-0.2, -0.15) is 0 Å². The first-order valence-corrected chi connectivity index (χ1v) is 9.14. The maximum absolute atomic E-state index is 12.0. The Morgan fingerprint density at radius 2 is 1.91 bits per heavy atom. The predicted octanol–water partition coefficient (Wildman–Crippen LogP) is 2.18. The highest BCUT2D eigenvalue weighted by Gasteiger charge is 2.20. The Bertz CT molecular complexity index is 553. The highest BCUT2D eigenvalue weighted by molar-refractivity contribution is 7.86. The number of hydrogen-bond donors (Lipinski definition) is 2. The minimum absolute atomic E-state index is 0.0534. The van der Waals surface area contributed by atoms with Crippen LogP contribution in [0.4, 0.5) is 0 Å². The molecule has 1 unspecified atom stereocenters. The summed E-state index contributed by atoms with van der Waals surface area (Å²) in [7, 11) is 0.822. The summed E-state index contributed by atoms with van der Waals surface area (Å²) >= 11 is 0. The maximum atomic E-state index is 12.0. The van der Waals surface area contributed by atoms with Crippen molar-refractivity contribution in [2.45, 2.75) is 58.2 Å². The monoisotopic (exact) mass is 342 g/mol. The van der Waals surface area contributed by atoms with Crippen LogP contribution in [0.25, 0.3) is 0 Å². The summed E-state index contributed by atoms with van der Waals surface area (Å²) in [6.45, 7) is 13.2. The zero-order valence-electron chi connectivity index (χ0n) is 15.3. The Morgan fingerprint density at radius 3 is 2.39 bits per heavy atom. The Kier molecular flexibility index (Phi) is 6.80. The molecule has 0 aliphatic carbocycles. The Labute approximate surface area is 142 Å². The second-order valence-electron chi connectivity index (χ2n) is 7.38. The molecular weight excluding hydrogens is 312 g/mol. The smallest absolute Gasteiger partial charge is 0.213 e. The van der Waals surface area contributed by atoms with Crippen molar-refractivity contribution in [2.75, 3.05) is 19.3 Å². The third kappa shape index (κ3) is 6.72. The van der Waals surface area contributed by atoms with Crippen LogP contribution in [0, 0.1) is 0 Å². The second-order valence-corrected chi connectivity index (χ2v) is 9.71. The lowest BCUT2D eigenvalue weighted by Crippen LogP contribution is -2.40. The van der Waals surface area contributed by atoms with Gasteiger partial charge in [-0.15, -0.1) is 0 Å². The minimum Gasteiger partial charge on any atom is -0.443 e. The highest BCUT2D eigenvalue weighted by Crippen LogP contribution is 2.22. The fraction of sp³-hybridized carbons (Fsp3) is 0.750. The van der Waals surface area contributed by atoms with Crippen molar-refractivity contribution in [1.29, 1.82) is 0 Å². The first-order valence-electron chi connectivity index (χ1n) is 7.82. The molecule has 0 aliphatic rings. The van der Waals surface area contributed by atoms with Gasteiger partial charge >= 0.3 is 0 Å². The highest BCUT2D eigenvalue weighted by atomic mass is 32.2. The van der Waals surface area contributed by atoms with Crippen LogP contribution < -0.4 is 10.6 Å². The van der Waals surface area contributed by atoms with Gasteiger partial charge in [-0.25, -0.2) is 4.98 Å². The van der Waals surface area contributed by atoms with Crippen molar-refractivity contribution in [3.8, 4) is 0 Å². The van der Waals surface area contributed by atoms with E-state index in [2.05, 4.69) is 41.4 Å². The van der Waals surface area contributed by atoms with Crippen molar-refractivity contribution in [1.82, 2.24) is 15.6 Å². The summed E-state index contributed by atoms with van der Waals surface area (Å²) in [6, 6.07) is 0. The van der Waals surface area contributed by atoms with E-state index in [-0.39, 0.29) is 10.2 Å². The molecule has 0 saturated heterocycles. The van der Waals surface area contributed by atoms with Crippen LogP contribution in [0.5, 0.6) is 0 Å². The summed E-state index contributed by atoms with van der Waals surface area (Å²) in [5.41, 5.74) is -0.0534. The van der Waals surface area contributed by atoms with Gasteiger partial charge in [-0.1, -0.05) is 20.8 Å². The number of guanidine groups is 1. The van der Waals surface area contributed by atoms with Crippen LogP contribution >= 0.6 is 0 Å². The van der Waals surface area contributed by atoms with Crippen LogP contribution in [0.1, 0.15) is 53.2 Å². The van der Waals surface area contributed by atoms with E-state index in [1.807, 2.05) is 20.8 Å². The van der Waals surface area contributed by atoms with Crippen LogP contribution in [-0.4, -0.2) is 39.2 Å². The summed E-state index contributed by atoms with van der Waals surface area (Å²) < 4.78 is 17.5. The topological polar surface area (TPSA) is 79.5 Å². The lowest BCUT2D eigenvalue weighted by Gasteiger charge is -2.18. The fourth-order valence-corrected chi connectivity index (χ4v) is 2.59. The number of nitrogens with one attached hydrogen (secondary N) is 2. The van der Waals surface area contributed by atoms with Gasteiger partial charge in [0.1, 0.15) is 5.76 Å². The zero-order valence-corrected chi connectivity index (χ0v) is 16.1. The van der Waals surface area contributed by atoms with Gasteiger partial charge < -0.3 is 15.1 Å². The van der Waals surface area contributed by atoms with E-state index >= 15 is 0 Å².